The zero-order valence-corrected chi connectivity index (χ0v) is 8.10. The van der Waals surface area contributed by atoms with Crippen LogP contribution in [-0.2, 0) is 0 Å². The van der Waals surface area contributed by atoms with E-state index in [9.17, 15) is 4.79 Å². The van der Waals surface area contributed by atoms with Gasteiger partial charge in [0.1, 0.15) is 5.75 Å². The van der Waals surface area contributed by atoms with E-state index in [0.29, 0.717) is 0 Å². The Balaban J connectivity index is 2.75. The number of Topliss-reactive ketones (excluding diaryl/α,β-unsaturated/α-hetero) is 1. The van der Waals surface area contributed by atoms with Crippen molar-refractivity contribution in [2.24, 2.45) is 0 Å². The van der Waals surface area contributed by atoms with Crippen LogP contribution in [0.15, 0.2) is 6.07 Å². The molecule has 13 heavy (non-hydrogen) atoms. The second-order valence-electron chi connectivity index (χ2n) is 3.53. The largest absolute Gasteiger partial charge is 0.485 e. The van der Waals surface area contributed by atoms with Crippen molar-refractivity contribution < 1.29 is 9.53 Å². The molecule has 68 valence electrons. The van der Waals surface area contributed by atoms with Crippen LogP contribution in [0.4, 0.5) is 0 Å². The van der Waals surface area contributed by atoms with Crippen molar-refractivity contribution >= 4 is 5.78 Å². The highest BCUT2D eigenvalue weighted by molar-refractivity contribution is 6.03. The monoisotopic (exact) mass is 176 g/mol. The molecular formula is C11H12O2. The van der Waals surface area contributed by atoms with Gasteiger partial charge < -0.3 is 4.74 Å². The lowest BCUT2D eigenvalue weighted by Gasteiger charge is -2.08. The molecule has 2 rings (SSSR count). The van der Waals surface area contributed by atoms with Crippen molar-refractivity contribution in [3.05, 3.63) is 28.3 Å². The van der Waals surface area contributed by atoms with E-state index in [2.05, 4.69) is 0 Å². The van der Waals surface area contributed by atoms with E-state index in [1.807, 2.05) is 26.8 Å². The molecule has 2 nitrogen and oxygen atoms in total. The van der Waals surface area contributed by atoms with Gasteiger partial charge in [0.2, 0.25) is 5.78 Å². The Bertz CT molecular complexity index is 392. The molecule has 1 aromatic rings. The third kappa shape index (κ3) is 1.05. The van der Waals surface area contributed by atoms with Crippen molar-refractivity contribution in [1.82, 2.24) is 0 Å². The number of aryl methyl sites for hydroxylation is 1. The molecule has 1 heterocycles. The third-order valence-electron chi connectivity index (χ3n) is 2.76. The van der Waals surface area contributed by atoms with Crippen LogP contribution in [-0.4, -0.2) is 12.4 Å². The highest BCUT2D eigenvalue weighted by Crippen LogP contribution is 2.31. The van der Waals surface area contributed by atoms with E-state index in [-0.39, 0.29) is 12.4 Å². The molecule has 0 aromatic heterocycles. The Morgan fingerprint density at radius 3 is 2.62 bits per heavy atom. The van der Waals surface area contributed by atoms with Gasteiger partial charge in [-0.25, -0.2) is 0 Å². The quantitative estimate of drug-likeness (QED) is 0.605. The molecule has 0 saturated heterocycles. The fourth-order valence-electron chi connectivity index (χ4n) is 1.72. The van der Waals surface area contributed by atoms with Gasteiger partial charge in [0, 0.05) is 0 Å². The van der Waals surface area contributed by atoms with Gasteiger partial charge in [-0.15, -0.1) is 0 Å². The van der Waals surface area contributed by atoms with Gasteiger partial charge in [-0.05, 0) is 43.5 Å². The molecule has 0 bridgehead atoms. The molecule has 0 N–H and O–H groups in total. The molecule has 1 aliphatic rings. The number of carbonyl (C=O) groups excluding carboxylic acids is 1. The Hall–Kier alpha value is -1.31. The van der Waals surface area contributed by atoms with Gasteiger partial charge >= 0.3 is 0 Å². The maximum atomic E-state index is 11.4. The van der Waals surface area contributed by atoms with E-state index in [0.717, 1.165) is 16.9 Å². The molecule has 0 atom stereocenters. The van der Waals surface area contributed by atoms with Gasteiger partial charge in [-0.1, -0.05) is 0 Å². The normalized spacial score (nSPS) is 14.2. The summed E-state index contributed by atoms with van der Waals surface area (Å²) in [7, 11) is 0. The molecule has 0 amide bonds. The van der Waals surface area contributed by atoms with Crippen LogP contribution in [0.2, 0.25) is 0 Å². The summed E-state index contributed by atoms with van der Waals surface area (Å²) in [5, 5.41) is 0. The first-order valence-corrected chi connectivity index (χ1v) is 4.38. The number of hydrogen-bond donors (Lipinski definition) is 0. The first-order chi connectivity index (χ1) is 6.11. The molecule has 0 fully saturated rings. The molecule has 0 saturated carbocycles. The SMILES string of the molecule is Cc1cc2c(c(C)c1C)C(=O)CO2. The van der Waals surface area contributed by atoms with Crippen LogP contribution < -0.4 is 4.74 Å². The number of ether oxygens (including phenoxy) is 1. The van der Waals surface area contributed by atoms with Crippen LogP contribution in [0.1, 0.15) is 27.0 Å². The van der Waals surface area contributed by atoms with E-state index >= 15 is 0 Å². The van der Waals surface area contributed by atoms with Gasteiger partial charge in [0.15, 0.2) is 6.61 Å². The zero-order chi connectivity index (χ0) is 9.59. The lowest BCUT2D eigenvalue weighted by molar-refractivity contribution is 0.0960. The summed E-state index contributed by atoms with van der Waals surface area (Å²) in [6.07, 6.45) is 0. The molecule has 0 radical (unpaired) electrons. The molecule has 0 unspecified atom stereocenters. The van der Waals surface area contributed by atoms with Crippen LogP contribution in [0.5, 0.6) is 5.75 Å². The third-order valence-corrected chi connectivity index (χ3v) is 2.76. The van der Waals surface area contributed by atoms with E-state index in [1.165, 1.54) is 11.1 Å². The predicted molar refractivity (Wildman–Crippen MR) is 50.5 cm³/mol. The standard InChI is InChI=1S/C11H12O2/c1-6-4-10-11(8(3)7(6)2)9(12)5-13-10/h4H,5H2,1-3H3. The summed E-state index contributed by atoms with van der Waals surface area (Å²) in [6, 6.07) is 1.95. The summed E-state index contributed by atoms with van der Waals surface area (Å²) in [5.74, 6) is 0.862. The summed E-state index contributed by atoms with van der Waals surface area (Å²) in [5.41, 5.74) is 4.23. The van der Waals surface area contributed by atoms with Crippen molar-refractivity contribution in [3.63, 3.8) is 0 Å². The lowest BCUT2D eigenvalue weighted by atomic mass is 9.97. The summed E-state index contributed by atoms with van der Waals surface area (Å²) in [4.78, 5) is 11.4. The minimum absolute atomic E-state index is 0.107. The number of benzene rings is 1. The summed E-state index contributed by atoms with van der Waals surface area (Å²) < 4.78 is 5.28. The van der Waals surface area contributed by atoms with Crippen LogP contribution >= 0.6 is 0 Å². The van der Waals surface area contributed by atoms with Crippen molar-refractivity contribution in [3.8, 4) is 5.75 Å². The fourth-order valence-corrected chi connectivity index (χ4v) is 1.72. The van der Waals surface area contributed by atoms with Crippen LogP contribution in [0.3, 0.4) is 0 Å². The molecule has 1 aliphatic heterocycles. The Morgan fingerprint density at radius 1 is 1.23 bits per heavy atom. The Kier molecular flexibility index (Phi) is 1.65. The van der Waals surface area contributed by atoms with Crippen LogP contribution in [0, 0.1) is 20.8 Å². The number of hydrogen-bond acceptors (Lipinski definition) is 2. The number of carbonyl (C=O) groups is 1. The minimum Gasteiger partial charge on any atom is -0.485 e. The topological polar surface area (TPSA) is 26.3 Å². The number of fused-ring (bicyclic) bond motifs is 1. The second kappa shape index (κ2) is 2.59. The molecular weight excluding hydrogens is 164 g/mol. The average Bonchev–Trinajstić information content (AvgIpc) is 2.43. The van der Waals surface area contributed by atoms with E-state index < -0.39 is 0 Å². The van der Waals surface area contributed by atoms with Gasteiger partial charge in [0.25, 0.3) is 0 Å². The number of ketones is 1. The first-order valence-electron chi connectivity index (χ1n) is 4.38. The molecule has 1 aromatic carbocycles. The van der Waals surface area contributed by atoms with Crippen molar-refractivity contribution in [2.45, 2.75) is 20.8 Å². The molecule has 0 aliphatic carbocycles. The lowest BCUT2D eigenvalue weighted by Crippen LogP contribution is -2.01. The number of rotatable bonds is 0. The highest BCUT2D eigenvalue weighted by Gasteiger charge is 2.24. The van der Waals surface area contributed by atoms with Crippen LogP contribution in [0.25, 0.3) is 0 Å². The van der Waals surface area contributed by atoms with Gasteiger partial charge in [-0.3, -0.25) is 4.79 Å². The van der Waals surface area contributed by atoms with E-state index in [4.69, 9.17) is 4.74 Å². The predicted octanol–water partition coefficient (Wildman–Crippen LogP) is 2.19. The van der Waals surface area contributed by atoms with Gasteiger partial charge in [-0.2, -0.15) is 0 Å². The summed E-state index contributed by atoms with van der Waals surface area (Å²) >= 11 is 0. The maximum Gasteiger partial charge on any atom is 0.204 e. The Morgan fingerprint density at radius 2 is 1.92 bits per heavy atom. The Labute approximate surface area is 77.5 Å². The highest BCUT2D eigenvalue weighted by atomic mass is 16.5. The summed E-state index contributed by atoms with van der Waals surface area (Å²) in [6.45, 7) is 6.26. The molecule has 0 spiro atoms. The first kappa shape index (κ1) is 8.30. The average molecular weight is 176 g/mol. The molecule has 2 heteroatoms. The van der Waals surface area contributed by atoms with Gasteiger partial charge in [0.05, 0.1) is 5.56 Å². The van der Waals surface area contributed by atoms with Crippen molar-refractivity contribution in [2.75, 3.05) is 6.61 Å². The van der Waals surface area contributed by atoms with Crippen molar-refractivity contribution in [1.29, 1.82) is 0 Å². The minimum atomic E-state index is 0.107. The fraction of sp³-hybridized carbons (Fsp3) is 0.364. The zero-order valence-electron chi connectivity index (χ0n) is 8.10. The van der Waals surface area contributed by atoms with E-state index in [1.54, 1.807) is 0 Å². The second-order valence-corrected chi connectivity index (χ2v) is 3.53. The smallest absolute Gasteiger partial charge is 0.204 e. The maximum absolute atomic E-state index is 11.4.